The van der Waals surface area contributed by atoms with Crippen LogP contribution >= 0.6 is 11.3 Å². The van der Waals surface area contributed by atoms with Crippen molar-refractivity contribution >= 4 is 21.4 Å². The molecule has 1 atom stereocenters. The van der Waals surface area contributed by atoms with E-state index in [0.717, 1.165) is 18.0 Å². The first-order valence-corrected chi connectivity index (χ1v) is 8.81. The fourth-order valence-corrected chi connectivity index (χ4v) is 5.28. The Morgan fingerprint density at radius 1 is 1.37 bits per heavy atom. The van der Waals surface area contributed by atoms with Crippen LogP contribution in [0.2, 0.25) is 0 Å². The number of nitrogens with zero attached hydrogens (tertiary/aromatic N) is 1. The highest BCUT2D eigenvalue weighted by molar-refractivity contribution is 7.91. The topological polar surface area (TPSA) is 49.4 Å². The fourth-order valence-electron chi connectivity index (χ4n) is 2.16. The molecule has 1 N–H and O–H groups in total. The highest BCUT2D eigenvalue weighted by Gasteiger charge is 2.32. The van der Waals surface area contributed by atoms with Gasteiger partial charge in [-0.1, -0.05) is 20.8 Å². The van der Waals surface area contributed by atoms with E-state index in [-0.39, 0.29) is 11.5 Å². The molecule has 0 aliphatic carbocycles. The van der Waals surface area contributed by atoms with E-state index < -0.39 is 10.0 Å². The summed E-state index contributed by atoms with van der Waals surface area (Å²) < 4.78 is 27.4. The maximum absolute atomic E-state index is 12.6. The number of hydrogen-bond donors (Lipinski definition) is 1. The average Bonchev–Trinajstić information content (AvgIpc) is 2.78. The third-order valence-electron chi connectivity index (χ3n) is 3.32. The summed E-state index contributed by atoms with van der Waals surface area (Å²) in [4.78, 5) is 1.11. The summed E-state index contributed by atoms with van der Waals surface area (Å²) in [6.45, 7) is 10.2. The lowest BCUT2D eigenvalue weighted by Crippen LogP contribution is -2.51. The third-order valence-corrected chi connectivity index (χ3v) is 7.32. The quantitative estimate of drug-likeness (QED) is 0.909. The van der Waals surface area contributed by atoms with Crippen molar-refractivity contribution in [3.05, 3.63) is 17.0 Å². The molecule has 0 radical (unpaired) electrons. The zero-order valence-corrected chi connectivity index (χ0v) is 13.6. The molecule has 6 heteroatoms. The molecule has 2 heterocycles. The fraction of sp³-hybridized carbons (Fsp3) is 0.692. The molecule has 0 spiro atoms. The third kappa shape index (κ3) is 3.02. The summed E-state index contributed by atoms with van der Waals surface area (Å²) in [7, 11) is -3.34. The van der Waals surface area contributed by atoms with Crippen LogP contribution in [0.1, 0.15) is 32.6 Å². The molecule has 4 nitrogen and oxygen atoms in total. The van der Waals surface area contributed by atoms with Gasteiger partial charge in [0.05, 0.1) is 0 Å². The Kier molecular flexibility index (Phi) is 4.07. The monoisotopic (exact) mass is 302 g/mol. The van der Waals surface area contributed by atoms with Crippen LogP contribution in [0.4, 0.5) is 0 Å². The van der Waals surface area contributed by atoms with Crippen molar-refractivity contribution in [3.8, 4) is 0 Å². The van der Waals surface area contributed by atoms with Gasteiger partial charge in [-0.3, -0.25) is 0 Å². The van der Waals surface area contributed by atoms with Gasteiger partial charge in [-0.15, -0.1) is 11.3 Å². The lowest BCUT2D eigenvalue weighted by atomic mass is 9.95. The molecule has 0 amide bonds. The van der Waals surface area contributed by atoms with Crippen molar-refractivity contribution in [2.24, 2.45) is 0 Å². The average molecular weight is 302 g/mol. The number of rotatable bonds is 2. The second-order valence-corrected chi connectivity index (χ2v) is 9.24. The first-order valence-electron chi connectivity index (χ1n) is 6.56. The van der Waals surface area contributed by atoms with Crippen molar-refractivity contribution in [2.45, 2.75) is 43.4 Å². The molecule has 1 saturated heterocycles. The summed E-state index contributed by atoms with van der Waals surface area (Å²) in [6, 6.07) is 3.69. The van der Waals surface area contributed by atoms with Gasteiger partial charge in [0.25, 0.3) is 10.0 Å². The Morgan fingerprint density at radius 2 is 2.05 bits per heavy atom. The molecule has 2 rings (SSSR count). The predicted octanol–water partition coefficient (Wildman–Crippen LogP) is 2.03. The molecule has 1 unspecified atom stereocenters. The van der Waals surface area contributed by atoms with E-state index in [0.29, 0.717) is 10.8 Å². The first kappa shape index (κ1) is 15.0. The van der Waals surface area contributed by atoms with E-state index in [9.17, 15) is 8.42 Å². The first-order chi connectivity index (χ1) is 8.73. The standard InChI is InChI=1S/C13H22N2O2S2/c1-10-9-14-7-8-15(10)19(16,17)12-6-5-11(18-12)13(2,3)4/h5-6,10,14H,7-9H2,1-4H3. The second-order valence-electron chi connectivity index (χ2n) is 6.04. The summed E-state index contributed by atoms with van der Waals surface area (Å²) in [6.07, 6.45) is 0. The molecule has 1 aliphatic rings. The SMILES string of the molecule is CC1CNCCN1S(=O)(=O)c1ccc(C(C)(C)C)s1. The minimum atomic E-state index is -3.34. The molecule has 19 heavy (non-hydrogen) atoms. The molecule has 108 valence electrons. The summed E-state index contributed by atoms with van der Waals surface area (Å²) >= 11 is 1.39. The predicted molar refractivity (Wildman–Crippen MR) is 79.2 cm³/mol. The van der Waals surface area contributed by atoms with Crippen LogP contribution in [0.3, 0.4) is 0 Å². The van der Waals surface area contributed by atoms with E-state index >= 15 is 0 Å². The number of thiophene rings is 1. The van der Waals surface area contributed by atoms with Crippen LogP contribution in [-0.4, -0.2) is 38.4 Å². The van der Waals surface area contributed by atoms with Gasteiger partial charge in [-0.05, 0) is 24.5 Å². The van der Waals surface area contributed by atoms with Gasteiger partial charge < -0.3 is 5.32 Å². The summed E-state index contributed by atoms with van der Waals surface area (Å²) in [5.41, 5.74) is -0.00644. The Morgan fingerprint density at radius 3 is 2.58 bits per heavy atom. The Balaban J connectivity index is 2.31. The molecular weight excluding hydrogens is 280 g/mol. The number of piperazine rings is 1. The minimum Gasteiger partial charge on any atom is -0.314 e. The largest absolute Gasteiger partial charge is 0.314 e. The number of hydrogen-bond acceptors (Lipinski definition) is 4. The smallest absolute Gasteiger partial charge is 0.252 e. The Labute approximate surface area is 119 Å². The lowest BCUT2D eigenvalue weighted by molar-refractivity contribution is 0.284. The van der Waals surface area contributed by atoms with Gasteiger partial charge in [-0.25, -0.2) is 8.42 Å². The zero-order chi connectivity index (χ0) is 14.3. The molecule has 1 aromatic heterocycles. The van der Waals surface area contributed by atoms with E-state index in [2.05, 4.69) is 26.1 Å². The van der Waals surface area contributed by atoms with Gasteiger partial charge in [-0.2, -0.15) is 4.31 Å². The van der Waals surface area contributed by atoms with Gasteiger partial charge in [0.15, 0.2) is 0 Å². The highest BCUT2D eigenvalue weighted by Crippen LogP contribution is 2.33. The van der Waals surface area contributed by atoms with Gasteiger partial charge in [0, 0.05) is 30.6 Å². The molecular formula is C13H22N2O2S2. The maximum Gasteiger partial charge on any atom is 0.252 e. The molecule has 0 saturated carbocycles. The Bertz CT molecular complexity index is 543. The van der Waals surface area contributed by atoms with Crippen LogP contribution in [0, 0.1) is 0 Å². The zero-order valence-electron chi connectivity index (χ0n) is 11.9. The van der Waals surface area contributed by atoms with Crippen LogP contribution in [0.25, 0.3) is 0 Å². The van der Waals surface area contributed by atoms with Crippen molar-refractivity contribution < 1.29 is 8.42 Å². The summed E-state index contributed by atoms with van der Waals surface area (Å²) in [5.74, 6) is 0. The number of nitrogens with one attached hydrogen (secondary N) is 1. The van der Waals surface area contributed by atoms with E-state index in [1.54, 1.807) is 10.4 Å². The van der Waals surface area contributed by atoms with E-state index in [4.69, 9.17) is 0 Å². The Hall–Kier alpha value is -0.430. The maximum atomic E-state index is 12.6. The van der Waals surface area contributed by atoms with Crippen LogP contribution in [-0.2, 0) is 15.4 Å². The number of sulfonamides is 1. The molecule has 1 fully saturated rings. The normalized spacial score (nSPS) is 22.6. The summed E-state index contributed by atoms with van der Waals surface area (Å²) in [5, 5.41) is 3.21. The molecule has 0 aromatic carbocycles. The van der Waals surface area contributed by atoms with Gasteiger partial charge in [0.1, 0.15) is 4.21 Å². The van der Waals surface area contributed by atoms with E-state index in [1.165, 1.54) is 11.3 Å². The van der Waals surface area contributed by atoms with Crippen molar-refractivity contribution in [1.29, 1.82) is 0 Å². The van der Waals surface area contributed by atoms with Crippen LogP contribution in [0.5, 0.6) is 0 Å². The van der Waals surface area contributed by atoms with Crippen LogP contribution < -0.4 is 5.32 Å². The molecule has 0 bridgehead atoms. The minimum absolute atomic E-state index is 0.00644. The van der Waals surface area contributed by atoms with Crippen molar-refractivity contribution in [2.75, 3.05) is 19.6 Å². The van der Waals surface area contributed by atoms with Gasteiger partial charge in [0.2, 0.25) is 0 Å². The van der Waals surface area contributed by atoms with Crippen molar-refractivity contribution in [1.82, 2.24) is 9.62 Å². The lowest BCUT2D eigenvalue weighted by Gasteiger charge is -2.32. The molecule has 1 aliphatic heterocycles. The molecule has 1 aromatic rings. The van der Waals surface area contributed by atoms with Gasteiger partial charge >= 0.3 is 0 Å². The van der Waals surface area contributed by atoms with Crippen molar-refractivity contribution in [3.63, 3.8) is 0 Å². The highest BCUT2D eigenvalue weighted by atomic mass is 32.2. The van der Waals surface area contributed by atoms with E-state index in [1.807, 2.05) is 13.0 Å². The van der Waals surface area contributed by atoms with Crippen LogP contribution in [0.15, 0.2) is 16.3 Å². The second kappa shape index (κ2) is 5.16.